The van der Waals surface area contributed by atoms with Gasteiger partial charge in [0.25, 0.3) is 0 Å². The van der Waals surface area contributed by atoms with E-state index in [4.69, 9.17) is 5.41 Å². The topological polar surface area (TPSA) is 115 Å². The third kappa shape index (κ3) is 6.21. The first-order valence-corrected chi connectivity index (χ1v) is 14.1. The maximum atomic E-state index is 13.2. The summed E-state index contributed by atoms with van der Waals surface area (Å²) in [5.74, 6) is 0.111. The molecule has 3 amide bonds. The molecule has 2 aromatic carbocycles. The quantitative estimate of drug-likeness (QED) is 0.350. The lowest BCUT2D eigenvalue weighted by Crippen LogP contribution is -2.43. The average Bonchev–Trinajstić information content (AvgIpc) is 3.45. The molecule has 1 unspecified atom stereocenters. The number of anilines is 2. The normalized spacial score (nSPS) is 16.7. The number of carbonyl (C=O) groups excluding carboxylic acids is 3. The van der Waals surface area contributed by atoms with Crippen LogP contribution in [-0.4, -0.2) is 40.4 Å². The average molecular weight is 554 g/mol. The molecule has 5 rings (SSSR count). The standard InChI is InChI=1S/C30H31N5O3.C3H8/c1-29(2,3)28(38)35(17-21-8-5-4-7-20(21)16-31)18-25(36)33-23-11-10-19-14-30(15-22(19)13-23)24-9-6-12-32-26(24)34-27(30)37;1-3-2/h4-13,16,31H,14-15,17-18H2,1-3H3,(H,33,36)(H,32,34,37);3H2,1-2H3. The van der Waals surface area contributed by atoms with Crippen molar-refractivity contribution in [3.63, 3.8) is 0 Å². The molecule has 0 saturated heterocycles. The summed E-state index contributed by atoms with van der Waals surface area (Å²) in [6, 6.07) is 16.9. The molecule has 0 fully saturated rings. The van der Waals surface area contributed by atoms with Gasteiger partial charge in [0.1, 0.15) is 12.4 Å². The van der Waals surface area contributed by atoms with Crippen molar-refractivity contribution in [3.8, 4) is 0 Å². The number of rotatable bonds is 6. The second-order valence-electron chi connectivity index (χ2n) is 11.8. The second-order valence-corrected chi connectivity index (χ2v) is 11.8. The minimum Gasteiger partial charge on any atom is -0.329 e. The number of pyridine rings is 1. The molecule has 1 aliphatic carbocycles. The van der Waals surface area contributed by atoms with E-state index in [0.29, 0.717) is 29.9 Å². The van der Waals surface area contributed by atoms with E-state index in [1.807, 2.05) is 75.4 Å². The van der Waals surface area contributed by atoms with Crippen molar-refractivity contribution in [2.75, 3.05) is 17.2 Å². The van der Waals surface area contributed by atoms with Crippen LogP contribution in [0, 0.1) is 10.8 Å². The van der Waals surface area contributed by atoms with E-state index in [0.717, 1.165) is 22.3 Å². The fourth-order valence-electron chi connectivity index (χ4n) is 5.42. The number of hydrogen-bond donors (Lipinski definition) is 3. The van der Waals surface area contributed by atoms with E-state index in [1.54, 1.807) is 6.20 Å². The third-order valence-corrected chi connectivity index (χ3v) is 7.30. The molecule has 1 atom stereocenters. The first kappa shape index (κ1) is 29.6. The van der Waals surface area contributed by atoms with Crippen molar-refractivity contribution in [3.05, 3.63) is 88.6 Å². The Balaban J connectivity index is 0.00000124. The number of nitrogens with zero attached hydrogens (tertiary/aromatic N) is 2. The highest BCUT2D eigenvalue weighted by atomic mass is 16.2. The molecule has 1 aliphatic heterocycles. The molecule has 214 valence electrons. The summed E-state index contributed by atoms with van der Waals surface area (Å²) >= 11 is 0. The third-order valence-electron chi connectivity index (χ3n) is 7.30. The first-order valence-electron chi connectivity index (χ1n) is 14.1. The van der Waals surface area contributed by atoms with Crippen molar-refractivity contribution in [2.45, 2.75) is 65.8 Å². The van der Waals surface area contributed by atoms with E-state index in [-0.39, 0.29) is 30.8 Å². The van der Waals surface area contributed by atoms with Crippen LogP contribution < -0.4 is 10.6 Å². The molecule has 8 nitrogen and oxygen atoms in total. The number of hydrogen-bond acceptors (Lipinski definition) is 5. The summed E-state index contributed by atoms with van der Waals surface area (Å²) in [7, 11) is 0. The first-order chi connectivity index (χ1) is 19.5. The predicted octanol–water partition coefficient (Wildman–Crippen LogP) is 5.50. The Hall–Kier alpha value is -4.33. The SMILES string of the molecule is CC(C)(C)C(=O)N(CC(=O)Nc1ccc2c(c1)CC1(C2)C(=O)Nc2ncccc21)Cc1ccccc1C=N.CCC. The number of carbonyl (C=O) groups is 3. The van der Waals surface area contributed by atoms with Gasteiger partial charge in [-0.3, -0.25) is 14.4 Å². The summed E-state index contributed by atoms with van der Waals surface area (Å²) in [6.45, 7) is 9.83. The monoisotopic (exact) mass is 553 g/mol. The molecular formula is C33H39N5O3. The molecule has 2 heterocycles. The van der Waals surface area contributed by atoms with E-state index < -0.39 is 10.8 Å². The number of nitrogens with one attached hydrogen (secondary N) is 3. The van der Waals surface area contributed by atoms with Gasteiger partial charge in [0.2, 0.25) is 17.7 Å². The van der Waals surface area contributed by atoms with Crippen LogP contribution in [0.3, 0.4) is 0 Å². The van der Waals surface area contributed by atoms with Crippen molar-refractivity contribution in [2.24, 2.45) is 5.41 Å². The van der Waals surface area contributed by atoms with Crippen LogP contribution in [0.4, 0.5) is 11.5 Å². The Labute approximate surface area is 242 Å². The van der Waals surface area contributed by atoms with Crippen LogP contribution in [0.2, 0.25) is 0 Å². The smallest absolute Gasteiger partial charge is 0.244 e. The Kier molecular flexibility index (Phi) is 8.71. The van der Waals surface area contributed by atoms with Gasteiger partial charge in [-0.05, 0) is 53.3 Å². The van der Waals surface area contributed by atoms with E-state index in [2.05, 4.69) is 29.5 Å². The minimum atomic E-state index is -0.674. The Bertz CT molecular complexity index is 1480. The molecule has 41 heavy (non-hydrogen) atoms. The molecule has 2 aliphatic rings. The van der Waals surface area contributed by atoms with E-state index in [1.165, 1.54) is 17.5 Å². The van der Waals surface area contributed by atoms with E-state index in [9.17, 15) is 14.4 Å². The molecular weight excluding hydrogens is 514 g/mol. The summed E-state index contributed by atoms with van der Waals surface area (Å²) in [6.07, 6.45) is 5.30. The lowest BCUT2D eigenvalue weighted by Gasteiger charge is -2.29. The van der Waals surface area contributed by atoms with Crippen molar-refractivity contribution < 1.29 is 14.4 Å². The maximum Gasteiger partial charge on any atom is 0.244 e. The lowest BCUT2D eigenvalue weighted by molar-refractivity contribution is -0.142. The molecule has 1 aromatic heterocycles. The molecule has 0 bridgehead atoms. The van der Waals surface area contributed by atoms with Gasteiger partial charge in [-0.15, -0.1) is 0 Å². The summed E-state index contributed by atoms with van der Waals surface area (Å²) in [5.41, 5.74) is 3.79. The summed E-state index contributed by atoms with van der Waals surface area (Å²) in [5, 5.41) is 13.5. The summed E-state index contributed by atoms with van der Waals surface area (Å²) in [4.78, 5) is 45.2. The van der Waals surface area contributed by atoms with Crippen molar-refractivity contribution in [1.29, 1.82) is 5.41 Å². The Morgan fingerprint density at radius 3 is 2.49 bits per heavy atom. The van der Waals surface area contributed by atoms with Crippen molar-refractivity contribution in [1.82, 2.24) is 9.88 Å². The van der Waals surface area contributed by atoms with Gasteiger partial charge in [-0.2, -0.15) is 0 Å². The predicted molar refractivity (Wildman–Crippen MR) is 162 cm³/mol. The number of fused-ring (bicyclic) bond motifs is 3. The van der Waals surface area contributed by atoms with Crippen LogP contribution in [0.5, 0.6) is 0 Å². The van der Waals surface area contributed by atoms with Crippen LogP contribution in [0.1, 0.15) is 68.9 Å². The zero-order valence-electron chi connectivity index (χ0n) is 24.5. The molecule has 3 N–H and O–H groups in total. The fourth-order valence-corrected chi connectivity index (χ4v) is 5.42. The minimum absolute atomic E-state index is 0.0467. The zero-order valence-corrected chi connectivity index (χ0v) is 24.5. The van der Waals surface area contributed by atoms with Gasteiger partial charge in [0.15, 0.2) is 0 Å². The van der Waals surface area contributed by atoms with Gasteiger partial charge < -0.3 is 20.9 Å². The lowest BCUT2D eigenvalue weighted by atomic mass is 9.79. The Morgan fingerprint density at radius 2 is 1.78 bits per heavy atom. The van der Waals surface area contributed by atoms with Gasteiger partial charge in [-0.25, -0.2) is 4.98 Å². The van der Waals surface area contributed by atoms with Gasteiger partial charge in [0, 0.05) is 35.6 Å². The highest BCUT2D eigenvalue weighted by molar-refractivity contribution is 6.06. The number of amides is 3. The highest BCUT2D eigenvalue weighted by Crippen LogP contribution is 2.46. The van der Waals surface area contributed by atoms with Crippen LogP contribution in [0.25, 0.3) is 0 Å². The van der Waals surface area contributed by atoms with Crippen molar-refractivity contribution >= 4 is 35.4 Å². The summed E-state index contributed by atoms with van der Waals surface area (Å²) < 4.78 is 0. The fraction of sp³-hybridized carbons (Fsp3) is 0.364. The van der Waals surface area contributed by atoms with Crippen LogP contribution in [0.15, 0.2) is 60.8 Å². The van der Waals surface area contributed by atoms with Crippen LogP contribution in [-0.2, 0) is 39.2 Å². The molecule has 8 heteroatoms. The maximum absolute atomic E-state index is 13.2. The largest absolute Gasteiger partial charge is 0.329 e. The number of aromatic nitrogens is 1. The van der Waals surface area contributed by atoms with Gasteiger partial charge >= 0.3 is 0 Å². The van der Waals surface area contributed by atoms with Gasteiger partial charge in [-0.1, -0.05) is 77.4 Å². The second kappa shape index (κ2) is 12.0. The van der Waals surface area contributed by atoms with Crippen LogP contribution >= 0.6 is 0 Å². The Morgan fingerprint density at radius 1 is 1.07 bits per heavy atom. The van der Waals surface area contributed by atoms with Gasteiger partial charge in [0.05, 0.1) is 5.41 Å². The molecule has 0 radical (unpaired) electrons. The molecule has 1 spiro atoms. The molecule has 3 aromatic rings. The van der Waals surface area contributed by atoms with E-state index >= 15 is 0 Å². The number of benzene rings is 2. The zero-order chi connectivity index (χ0) is 29.8. The highest BCUT2D eigenvalue weighted by Gasteiger charge is 2.51. The molecule has 0 saturated carbocycles.